The van der Waals surface area contributed by atoms with Crippen LogP contribution in [0.3, 0.4) is 0 Å². The smallest absolute Gasteiger partial charge is 0.350 e. The lowest BCUT2D eigenvalue weighted by atomic mass is 10.4. The Morgan fingerprint density at radius 3 is 2.45 bits per heavy atom. The summed E-state index contributed by atoms with van der Waals surface area (Å²) in [6.07, 6.45) is 0. The first-order chi connectivity index (χ1) is 9.37. The van der Waals surface area contributed by atoms with Gasteiger partial charge in [0.05, 0.1) is 17.7 Å². The van der Waals surface area contributed by atoms with Crippen molar-refractivity contribution in [2.24, 2.45) is 0 Å². The zero-order chi connectivity index (χ0) is 14.9. The van der Waals surface area contributed by atoms with Crippen LogP contribution >= 0.6 is 27.3 Å². The van der Waals surface area contributed by atoms with Crippen LogP contribution in [0.25, 0.3) is 0 Å². The van der Waals surface area contributed by atoms with Crippen LogP contribution in [-0.2, 0) is 14.6 Å². The molecular weight excluding hydrogens is 366 g/mol. The number of nitrogens with two attached hydrogens (primary N) is 1. The molecule has 0 bridgehead atoms. The third kappa shape index (κ3) is 2.58. The summed E-state index contributed by atoms with van der Waals surface area (Å²) in [5.74, 6) is -0.648. The van der Waals surface area contributed by atoms with Crippen molar-refractivity contribution in [2.45, 2.75) is 9.79 Å². The molecule has 20 heavy (non-hydrogen) atoms. The number of thiophene rings is 1. The van der Waals surface area contributed by atoms with Gasteiger partial charge in [0.15, 0.2) is 0 Å². The van der Waals surface area contributed by atoms with Crippen molar-refractivity contribution in [1.29, 1.82) is 0 Å². The van der Waals surface area contributed by atoms with E-state index in [2.05, 4.69) is 20.7 Å². The van der Waals surface area contributed by atoms with Gasteiger partial charge in [-0.05, 0) is 24.3 Å². The molecule has 0 aliphatic heterocycles. The number of hydrogen-bond donors (Lipinski definition) is 1. The molecule has 0 atom stereocenters. The number of benzene rings is 1. The van der Waals surface area contributed by atoms with Crippen LogP contribution in [0.4, 0.5) is 5.69 Å². The van der Waals surface area contributed by atoms with Gasteiger partial charge in [-0.15, -0.1) is 11.3 Å². The highest BCUT2D eigenvalue weighted by molar-refractivity contribution is 9.10. The first-order valence-electron chi connectivity index (χ1n) is 5.34. The molecule has 1 heterocycles. The Morgan fingerprint density at radius 1 is 1.30 bits per heavy atom. The zero-order valence-electron chi connectivity index (χ0n) is 10.3. The number of anilines is 1. The molecule has 0 spiro atoms. The van der Waals surface area contributed by atoms with Gasteiger partial charge in [0.2, 0.25) is 9.84 Å². The monoisotopic (exact) mass is 375 g/mol. The van der Waals surface area contributed by atoms with Gasteiger partial charge in [-0.25, -0.2) is 13.2 Å². The average Bonchev–Trinajstić information content (AvgIpc) is 2.81. The number of methoxy groups -OCH3 is 1. The minimum Gasteiger partial charge on any atom is -0.465 e. The van der Waals surface area contributed by atoms with E-state index in [-0.39, 0.29) is 20.4 Å². The van der Waals surface area contributed by atoms with Crippen LogP contribution < -0.4 is 5.73 Å². The van der Waals surface area contributed by atoms with Crippen LogP contribution in [-0.4, -0.2) is 21.5 Å². The van der Waals surface area contributed by atoms with E-state index in [1.807, 2.05) is 0 Å². The number of carbonyl (C=O) groups is 1. The summed E-state index contributed by atoms with van der Waals surface area (Å²) in [7, 11) is -2.54. The number of carbonyl (C=O) groups excluding carboxylic acids is 1. The van der Waals surface area contributed by atoms with Crippen LogP contribution in [0, 0.1) is 0 Å². The van der Waals surface area contributed by atoms with Gasteiger partial charge in [-0.1, -0.05) is 15.9 Å². The predicted octanol–water partition coefficient (Wildman–Crippen LogP) is 2.71. The summed E-state index contributed by atoms with van der Waals surface area (Å²) < 4.78 is 30.2. The topological polar surface area (TPSA) is 86.5 Å². The van der Waals surface area contributed by atoms with Crippen molar-refractivity contribution in [2.75, 3.05) is 12.8 Å². The highest BCUT2D eigenvalue weighted by atomic mass is 79.9. The summed E-state index contributed by atoms with van der Waals surface area (Å²) >= 11 is 4.18. The third-order valence-electron chi connectivity index (χ3n) is 2.58. The molecule has 5 nitrogen and oxygen atoms in total. The Kier molecular flexibility index (Phi) is 4.17. The van der Waals surface area contributed by atoms with Gasteiger partial charge in [-0.3, -0.25) is 0 Å². The molecular formula is C12H10BrNO4S2. The van der Waals surface area contributed by atoms with Crippen molar-refractivity contribution in [3.05, 3.63) is 39.0 Å². The van der Waals surface area contributed by atoms with E-state index >= 15 is 0 Å². The lowest BCUT2D eigenvalue weighted by Crippen LogP contribution is -2.07. The lowest BCUT2D eigenvalue weighted by molar-refractivity contribution is 0.0607. The molecule has 8 heteroatoms. The van der Waals surface area contributed by atoms with Crippen molar-refractivity contribution < 1.29 is 17.9 Å². The molecule has 0 amide bonds. The van der Waals surface area contributed by atoms with Crippen LogP contribution in [0.2, 0.25) is 0 Å². The molecule has 2 N–H and O–H groups in total. The fourth-order valence-electron chi connectivity index (χ4n) is 1.55. The van der Waals surface area contributed by atoms with E-state index in [1.165, 1.54) is 24.6 Å². The molecule has 2 rings (SSSR count). The molecule has 2 aromatic rings. The quantitative estimate of drug-likeness (QED) is 0.833. The Morgan fingerprint density at radius 2 is 1.90 bits per heavy atom. The molecule has 106 valence electrons. The Labute approximate surface area is 128 Å². The number of hydrogen-bond acceptors (Lipinski definition) is 6. The SMILES string of the molecule is COC(=O)c1scc(S(=O)(=O)c2ccc(Br)cc2)c1N. The first kappa shape index (κ1) is 15.0. The van der Waals surface area contributed by atoms with Crippen molar-refractivity contribution in [1.82, 2.24) is 0 Å². The molecule has 0 fully saturated rings. The second-order valence-corrected chi connectivity index (χ2v) is 7.51. The summed E-state index contributed by atoms with van der Waals surface area (Å²) in [6, 6.07) is 6.18. The fraction of sp³-hybridized carbons (Fsp3) is 0.0833. The number of rotatable bonds is 3. The molecule has 0 radical (unpaired) electrons. The molecule has 0 saturated carbocycles. The van der Waals surface area contributed by atoms with Gasteiger partial charge >= 0.3 is 5.97 Å². The normalized spacial score (nSPS) is 11.3. The number of nitrogen functional groups attached to an aromatic ring is 1. The maximum Gasteiger partial charge on any atom is 0.350 e. The Balaban J connectivity index is 2.53. The molecule has 0 saturated heterocycles. The van der Waals surface area contributed by atoms with Crippen LogP contribution in [0.15, 0.2) is 43.9 Å². The predicted molar refractivity (Wildman–Crippen MR) is 79.7 cm³/mol. The fourth-order valence-corrected chi connectivity index (χ4v) is 4.44. The second kappa shape index (κ2) is 5.55. The number of halogens is 1. The maximum atomic E-state index is 12.4. The third-order valence-corrected chi connectivity index (χ3v) is 6.04. The average molecular weight is 376 g/mol. The molecule has 1 aromatic carbocycles. The van der Waals surface area contributed by atoms with Gasteiger partial charge < -0.3 is 10.5 Å². The minimum absolute atomic E-state index is 0.0785. The van der Waals surface area contributed by atoms with E-state index in [0.29, 0.717) is 0 Å². The van der Waals surface area contributed by atoms with Crippen LogP contribution in [0.1, 0.15) is 9.67 Å². The molecule has 0 aliphatic carbocycles. The number of esters is 1. The van der Waals surface area contributed by atoms with Gasteiger partial charge in [0, 0.05) is 9.85 Å². The van der Waals surface area contributed by atoms with Crippen molar-refractivity contribution >= 4 is 48.8 Å². The van der Waals surface area contributed by atoms with Gasteiger partial charge in [-0.2, -0.15) is 0 Å². The van der Waals surface area contributed by atoms with Crippen molar-refractivity contribution in [3.63, 3.8) is 0 Å². The summed E-state index contributed by atoms with van der Waals surface area (Å²) in [5.41, 5.74) is 5.68. The molecule has 0 unspecified atom stereocenters. The molecule has 0 aliphatic rings. The van der Waals surface area contributed by atoms with E-state index in [4.69, 9.17) is 5.73 Å². The number of sulfone groups is 1. The first-order valence-corrected chi connectivity index (χ1v) is 8.49. The second-order valence-electron chi connectivity index (χ2n) is 3.79. The number of ether oxygens (including phenoxy) is 1. The summed E-state index contributed by atoms with van der Waals surface area (Å²) in [5, 5.41) is 1.35. The maximum absolute atomic E-state index is 12.4. The van der Waals surface area contributed by atoms with E-state index in [1.54, 1.807) is 12.1 Å². The van der Waals surface area contributed by atoms with Gasteiger partial charge in [0.25, 0.3) is 0 Å². The highest BCUT2D eigenvalue weighted by Gasteiger charge is 2.26. The van der Waals surface area contributed by atoms with Gasteiger partial charge in [0.1, 0.15) is 9.77 Å². The largest absolute Gasteiger partial charge is 0.465 e. The van der Waals surface area contributed by atoms with Crippen LogP contribution in [0.5, 0.6) is 0 Å². The Bertz CT molecular complexity index is 750. The van der Waals surface area contributed by atoms with E-state index in [0.717, 1.165) is 15.8 Å². The molecule has 1 aromatic heterocycles. The summed E-state index contributed by atoms with van der Waals surface area (Å²) in [6.45, 7) is 0. The Hall–Kier alpha value is -1.38. The zero-order valence-corrected chi connectivity index (χ0v) is 13.5. The van der Waals surface area contributed by atoms with E-state index < -0.39 is 15.8 Å². The lowest BCUT2D eigenvalue weighted by Gasteiger charge is -2.04. The van der Waals surface area contributed by atoms with Crippen molar-refractivity contribution in [3.8, 4) is 0 Å². The van der Waals surface area contributed by atoms with E-state index in [9.17, 15) is 13.2 Å². The minimum atomic E-state index is -3.75. The summed E-state index contributed by atoms with van der Waals surface area (Å²) in [4.78, 5) is 11.6. The standard InChI is InChI=1S/C12H10BrNO4S2/c1-18-12(15)11-10(14)9(6-19-11)20(16,17)8-4-2-7(13)3-5-8/h2-6H,14H2,1H3. The highest BCUT2D eigenvalue weighted by Crippen LogP contribution is 2.33.